The van der Waals surface area contributed by atoms with Crippen LogP contribution in [0, 0.1) is 96.9 Å². The van der Waals surface area contributed by atoms with Crippen molar-refractivity contribution in [2.75, 3.05) is 0 Å². The lowest BCUT2D eigenvalue weighted by Gasteiger charge is -2.22. The molecular formula is C42H60N2O2+2. The highest BCUT2D eigenvalue weighted by Crippen LogP contribution is 2.34. The number of ketones is 1. The van der Waals surface area contributed by atoms with Crippen molar-refractivity contribution < 1.29 is 19.0 Å². The van der Waals surface area contributed by atoms with Gasteiger partial charge in [0.25, 0.3) is 11.5 Å². The largest absolute Gasteiger partial charge is 0.377 e. The van der Waals surface area contributed by atoms with Gasteiger partial charge in [0.1, 0.15) is 14.1 Å². The Bertz CT molecular complexity index is 1690. The number of benzene rings is 2. The molecule has 4 rings (SSSR count). The summed E-state index contributed by atoms with van der Waals surface area (Å²) in [6, 6.07) is 4.21. The summed E-state index contributed by atoms with van der Waals surface area (Å²) in [6.45, 7) is 33.4. The zero-order valence-corrected chi connectivity index (χ0v) is 32.1. The molecule has 0 amide bonds. The van der Waals surface area contributed by atoms with Crippen LogP contribution in [0.3, 0.4) is 0 Å². The number of aromatic nitrogens is 2. The average molecular weight is 625 g/mol. The predicted molar refractivity (Wildman–Crippen MR) is 193 cm³/mol. The Labute approximate surface area is 280 Å². The second-order valence-electron chi connectivity index (χ2n) is 13.1. The predicted octanol–water partition coefficient (Wildman–Crippen LogP) is 8.68. The Morgan fingerprint density at radius 2 is 0.891 bits per heavy atom. The lowest BCUT2D eigenvalue weighted by Crippen LogP contribution is -2.38. The van der Waals surface area contributed by atoms with Crippen LogP contribution in [0.25, 0.3) is 0 Å². The Hall–Kier alpha value is -3.63. The minimum atomic E-state index is -0.594. The van der Waals surface area contributed by atoms with Crippen molar-refractivity contribution in [1.29, 1.82) is 0 Å². The van der Waals surface area contributed by atoms with Crippen molar-refractivity contribution in [3.63, 3.8) is 0 Å². The van der Waals surface area contributed by atoms with E-state index < -0.39 is 6.10 Å². The molecule has 4 nitrogen and oxygen atoms in total. The Morgan fingerprint density at radius 1 is 0.543 bits per heavy atom. The van der Waals surface area contributed by atoms with Crippen LogP contribution in [0.15, 0.2) is 24.5 Å². The molecule has 4 aromatic rings. The molecule has 46 heavy (non-hydrogen) atoms. The first-order valence-corrected chi connectivity index (χ1v) is 16.6. The first-order valence-electron chi connectivity index (χ1n) is 16.6. The van der Waals surface area contributed by atoms with Gasteiger partial charge < -0.3 is 5.11 Å². The normalized spacial score (nSPS) is 11.4. The minimum Gasteiger partial charge on any atom is -0.377 e. The van der Waals surface area contributed by atoms with E-state index in [4.69, 9.17) is 0 Å². The van der Waals surface area contributed by atoms with Gasteiger partial charge in [-0.15, -0.1) is 0 Å². The van der Waals surface area contributed by atoms with Crippen LogP contribution in [-0.2, 0) is 14.1 Å². The van der Waals surface area contributed by atoms with E-state index >= 15 is 0 Å². The summed E-state index contributed by atoms with van der Waals surface area (Å²) in [5.41, 5.74) is 20.4. The summed E-state index contributed by atoms with van der Waals surface area (Å²) in [5, 5.41) is 11.1. The van der Waals surface area contributed by atoms with Crippen molar-refractivity contribution in [2.45, 2.75) is 117 Å². The van der Waals surface area contributed by atoms with Crippen LogP contribution in [0.4, 0.5) is 0 Å². The highest BCUT2D eigenvalue weighted by atomic mass is 16.3. The number of hydrogen-bond acceptors (Lipinski definition) is 2. The number of aliphatic hydroxyl groups is 1. The zero-order chi connectivity index (χ0) is 35.5. The van der Waals surface area contributed by atoms with E-state index in [0.29, 0.717) is 0 Å². The smallest absolute Gasteiger partial charge is 0.257 e. The third kappa shape index (κ3) is 7.33. The lowest BCUT2D eigenvalue weighted by atomic mass is 9.85. The molecule has 0 fully saturated rings. The molecule has 1 atom stereocenters. The SMILES string of the molecule is CC.Cc1cc(C)c(C(=O)c2c(C)c(C)c(C)c(C)c2C)[n+](C)c1.Cc1cc(C)c(C(O)c2c(C)c(C)c(C)c(C)c2C)[n+](C)c1. The van der Waals surface area contributed by atoms with Crippen molar-refractivity contribution in [3.8, 4) is 0 Å². The topological polar surface area (TPSA) is 45.1 Å². The molecule has 248 valence electrons. The molecule has 0 saturated carbocycles. The molecular weight excluding hydrogens is 564 g/mol. The summed E-state index contributed by atoms with van der Waals surface area (Å²) in [5.74, 6) is 0.126. The van der Waals surface area contributed by atoms with Gasteiger partial charge in [-0.2, -0.15) is 4.57 Å². The summed E-state index contributed by atoms with van der Waals surface area (Å²) in [7, 11) is 3.96. The van der Waals surface area contributed by atoms with E-state index in [1.165, 1.54) is 55.6 Å². The van der Waals surface area contributed by atoms with Crippen molar-refractivity contribution in [1.82, 2.24) is 0 Å². The van der Waals surface area contributed by atoms with E-state index in [-0.39, 0.29) is 5.78 Å². The van der Waals surface area contributed by atoms with Crippen LogP contribution < -0.4 is 9.13 Å². The fraction of sp³-hybridized carbons (Fsp3) is 0.452. The number of carbonyl (C=O) groups excluding carboxylic acids is 1. The van der Waals surface area contributed by atoms with Crippen LogP contribution >= 0.6 is 0 Å². The van der Waals surface area contributed by atoms with Gasteiger partial charge in [-0.3, -0.25) is 4.79 Å². The first kappa shape index (κ1) is 38.6. The summed E-state index contributed by atoms with van der Waals surface area (Å²) in [6.07, 6.45) is 3.49. The molecule has 0 aliphatic rings. The van der Waals surface area contributed by atoms with Crippen LogP contribution in [0.2, 0.25) is 0 Å². The Morgan fingerprint density at radius 3 is 1.28 bits per heavy atom. The number of pyridine rings is 2. The highest BCUT2D eigenvalue weighted by Gasteiger charge is 2.29. The third-order valence-corrected chi connectivity index (χ3v) is 10.2. The van der Waals surface area contributed by atoms with Crippen LogP contribution in [-0.4, -0.2) is 10.9 Å². The van der Waals surface area contributed by atoms with Crippen LogP contribution in [0.5, 0.6) is 0 Å². The summed E-state index contributed by atoms with van der Waals surface area (Å²) < 4.78 is 4.01. The van der Waals surface area contributed by atoms with Gasteiger partial charge in [0.15, 0.2) is 18.5 Å². The standard InChI is InChI=1S/C20H28NO.C20H26NO.C2H6/c2*1-11-9-12(2)19(21(8)10-11)20(22)18-16(6)14(4)13(3)15(5)17(18)7;1-2/h9-10,20,22H,1-8H3;9-10H,1-8H3;1-2H3/q2*+1;. The van der Waals surface area contributed by atoms with Gasteiger partial charge >= 0.3 is 0 Å². The summed E-state index contributed by atoms with van der Waals surface area (Å²) in [4.78, 5) is 13.2. The molecule has 1 N–H and O–H groups in total. The van der Waals surface area contributed by atoms with Gasteiger partial charge in [0, 0.05) is 27.8 Å². The summed E-state index contributed by atoms with van der Waals surface area (Å²) >= 11 is 0. The molecule has 0 radical (unpaired) electrons. The number of carbonyl (C=O) groups is 1. The van der Waals surface area contributed by atoms with Gasteiger partial charge in [0.2, 0.25) is 5.69 Å². The average Bonchev–Trinajstić information content (AvgIpc) is 2.97. The van der Waals surface area contributed by atoms with Gasteiger partial charge in [-0.1, -0.05) is 13.8 Å². The molecule has 1 unspecified atom stereocenters. The van der Waals surface area contributed by atoms with Crippen molar-refractivity contribution in [3.05, 3.63) is 125 Å². The van der Waals surface area contributed by atoms with Gasteiger partial charge in [-0.05, 0) is 170 Å². The minimum absolute atomic E-state index is 0.126. The van der Waals surface area contributed by atoms with E-state index in [2.05, 4.69) is 113 Å². The number of aliphatic hydroxyl groups excluding tert-OH is 1. The molecule has 0 spiro atoms. The molecule has 2 aromatic carbocycles. The lowest BCUT2D eigenvalue weighted by molar-refractivity contribution is -0.682. The number of nitrogens with zero attached hydrogens (tertiary/aromatic N) is 2. The van der Waals surface area contributed by atoms with Gasteiger partial charge in [0.05, 0.1) is 0 Å². The van der Waals surface area contributed by atoms with Crippen LogP contribution in [0.1, 0.15) is 125 Å². The molecule has 4 heteroatoms. The second kappa shape index (κ2) is 15.3. The van der Waals surface area contributed by atoms with Crippen molar-refractivity contribution in [2.24, 2.45) is 14.1 Å². The monoisotopic (exact) mass is 624 g/mol. The molecule has 2 heterocycles. The highest BCUT2D eigenvalue weighted by molar-refractivity contribution is 6.10. The van der Waals surface area contributed by atoms with Gasteiger partial charge in [-0.25, -0.2) is 4.57 Å². The van der Waals surface area contributed by atoms with E-state index in [0.717, 1.165) is 44.8 Å². The van der Waals surface area contributed by atoms with E-state index in [1.54, 1.807) is 0 Å². The zero-order valence-electron chi connectivity index (χ0n) is 32.1. The molecule has 0 aliphatic carbocycles. The molecule has 2 aromatic heterocycles. The number of aryl methyl sites for hydroxylation is 6. The fourth-order valence-electron chi connectivity index (χ4n) is 6.98. The van der Waals surface area contributed by atoms with E-state index in [1.807, 2.05) is 45.6 Å². The van der Waals surface area contributed by atoms with E-state index in [9.17, 15) is 9.90 Å². The first-order chi connectivity index (χ1) is 21.3. The molecule has 0 saturated heterocycles. The number of hydrogen-bond donors (Lipinski definition) is 1. The quantitative estimate of drug-likeness (QED) is 0.182. The maximum Gasteiger partial charge on any atom is 0.257 e. The Kier molecular flexibility index (Phi) is 12.8. The molecule has 0 aliphatic heterocycles. The number of rotatable bonds is 4. The van der Waals surface area contributed by atoms with Crippen molar-refractivity contribution >= 4 is 5.78 Å². The maximum atomic E-state index is 13.2. The maximum absolute atomic E-state index is 13.2. The molecule has 0 bridgehead atoms. The Balaban J connectivity index is 0.000000304. The second-order valence-corrected chi connectivity index (χ2v) is 13.1. The fourth-order valence-corrected chi connectivity index (χ4v) is 6.98. The third-order valence-electron chi connectivity index (χ3n) is 10.2.